The Balaban J connectivity index is 2.09. The highest BCUT2D eigenvalue weighted by Crippen LogP contribution is 2.32. The van der Waals surface area contributed by atoms with Gasteiger partial charge in [-0.05, 0) is 43.0 Å². The van der Waals surface area contributed by atoms with Crippen LogP contribution >= 0.6 is 0 Å². The van der Waals surface area contributed by atoms with Crippen LogP contribution in [0.5, 0.6) is 0 Å². The summed E-state index contributed by atoms with van der Waals surface area (Å²) in [5.41, 5.74) is 9.40. The Morgan fingerprint density at radius 2 is 2.44 bits per heavy atom. The van der Waals surface area contributed by atoms with Gasteiger partial charge in [-0.15, -0.1) is 12.3 Å². The van der Waals surface area contributed by atoms with Crippen molar-refractivity contribution in [3.63, 3.8) is 0 Å². The first-order valence-electron chi connectivity index (χ1n) is 5.78. The first-order chi connectivity index (χ1) is 7.70. The Hall–Kier alpha value is -1.46. The molecule has 0 aliphatic heterocycles. The third-order valence-electron chi connectivity index (χ3n) is 3.15. The molecule has 84 valence electrons. The molecule has 2 unspecified atom stereocenters. The van der Waals surface area contributed by atoms with Crippen LogP contribution in [0.2, 0.25) is 0 Å². The van der Waals surface area contributed by atoms with Crippen molar-refractivity contribution in [2.45, 2.75) is 38.3 Å². The van der Waals surface area contributed by atoms with E-state index in [1.165, 1.54) is 11.1 Å². The standard InChI is InChI=1S/C14H18N2/c1-3-4-10(2)16-14-8-5-11-9-12(15)6-7-13(11)14/h1,6-7,9-10,14,16H,4-5,8,15H2,2H3. The van der Waals surface area contributed by atoms with Gasteiger partial charge in [-0.2, -0.15) is 0 Å². The van der Waals surface area contributed by atoms with Crippen molar-refractivity contribution < 1.29 is 0 Å². The molecular weight excluding hydrogens is 196 g/mol. The molecule has 0 bridgehead atoms. The highest BCUT2D eigenvalue weighted by atomic mass is 14.9. The van der Waals surface area contributed by atoms with Crippen LogP contribution < -0.4 is 11.1 Å². The minimum Gasteiger partial charge on any atom is -0.399 e. The highest BCUT2D eigenvalue weighted by Gasteiger charge is 2.23. The van der Waals surface area contributed by atoms with E-state index in [1.807, 2.05) is 6.07 Å². The predicted octanol–water partition coefficient (Wildman–Crippen LogP) is 2.26. The van der Waals surface area contributed by atoms with Gasteiger partial charge < -0.3 is 11.1 Å². The molecule has 2 atom stereocenters. The van der Waals surface area contributed by atoms with E-state index in [-0.39, 0.29) is 0 Å². The minimum absolute atomic E-state index is 0.374. The Morgan fingerprint density at radius 3 is 3.19 bits per heavy atom. The van der Waals surface area contributed by atoms with Crippen molar-refractivity contribution >= 4 is 5.69 Å². The van der Waals surface area contributed by atoms with E-state index < -0.39 is 0 Å². The predicted molar refractivity (Wildman–Crippen MR) is 68.0 cm³/mol. The second-order valence-electron chi connectivity index (χ2n) is 4.53. The topological polar surface area (TPSA) is 38.0 Å². The summed E-state index contributed by atoms with van der Waals surface area (Å²) in [6, 6.07) is 7.02. The van der Waals surface area contributed by atoms with E-state index in [1.54, 1.807) is 0 Å². The van der Waals surface area contributed by atoms with Crippen molar-refractivity contribution in [2.24, 2.45) is 0 Å². The maximum absolute atomic E-state index is 5.78. The number of benzene rings is 1. The lowest BCUT2D eigenvalue weighted by Crippen LogP contribution is -2.28. The third-order valence-corrected chi connectivity index (χ3v) is 3.15. The smallest absolute Gasteiger partial charge is 0.0328 e. The SMILES string of the molecule is C#CCC(C)NC1CCc2cc(N)ccc21. The van der Waals surface area contributed by atoms with E-state index in [4.69, 9.17) is 12.2 Å². The molecule has 1 aromatic carbocycles. The molecular formula is C14H18N2. The Kier molecular flexibility index (Phi) is 3.17. The fourth-order valence-electron chi connectivity index (χ4n) is 2.39. The van der Waals surface area contributed by atoms with Crippen LogP contribution in [0.4, 0.5) is 5.69 Å². The number of hydrogen-bond donors (Lipinski definition) is 2. The summed E-state index contributed by atoms with van der Waals surface area (Å²) in [4.78, 5) is 0. The van der Waals surface area contributed by atoms with Gasteiger partial charge in [0.05, 0.1) is 0 Å². The average molecular weight is 214 g/mol. The van der Waals surface area contributed by atoms with E-state index in [2.05, 4.69) is 30.3 Å². The van der Waals surface area contributed by atoms with E-state index in [0.717, 1.165) is 24.9 Å². The molecule has 0 heterocycles. The zero-order chi connectivity index (χ0) is 11.5. The molecule has 2 heteroatoms. The van der Waals surface area contributed by atoms with Crippen molar-refractivity contribution in [1.82, 2.24) is 5.32 Å². The van der Waals surface area contributed by atoms with Gasteiger partial charge in [0, 0.05) is 24.2 Å². The minimum atomic E-state index is 0.374. The van der Waals surface area contributed by atoms with Gasteiger partial charge in [0.1, 0.15) is 0 Å². The van der Waals surface area contributed by atoms with Crippen molar-refractivity contribution in [3.8, 4) is 12.3 Å². The van der Waals surface area contributed by atoms with Crippen molar-refractivity contribution in [2.75, 3.05) is 5.73 Å². The normalized spacial score (nSPS) is 20.1. The molecule has 0 saturated heterocycles. The number of aryl methyl sites for hydroxylation is 1. The maximum atomic E-state index is 5.78. The zero-order valence-electron chi connectivity index (χ0n) is 9.66. The third kappa shape index (κ3) is 2.20. The Labute approximate surface area is 97.2 Å². The summed E-state index contributed by atoms with van der Waals surface area (Å²) in [7, 11) is 0. The van der Waals surface area contributed by atoms with Crippen LogP contribution in [0.3, 0.4) is 0 Å². The zero-order valence-corrected chi connectivity index (χ0v) is 9.66. The summed E-state index contributed by atoms with van der Waals surface area (Å²) < 4.78 is 0. The van der Waals surface area contributed by atoms with Crippen LogP contribution in [0, 0.1) is 12.3 Å². The Bertz CT molecular complexity index is 417. The molecule has 1 aliphatic carbocycles. The number of rotatable bonds is 3. The number of nitrogens with two attached hydrogens (primary N) is 1. The lowest BCUT2D eigenvalue weighted by molar-refractivity contribution is 0.459. The maximum Gasteiger partial charge on any atom is 0.0328 e. The van der Waals surface area contributed by atoms with E-state index >= 15 is 0 Å². The lowest BCUT2D eigenvalue weighted by Gasteiger charge is -2.18. The number of terminal acetylenes is 1. The highest BCUT2D eigenvalue weighted by molar-refractivity contribution is 5.47. The summed E-state index contributed by atoms with van der Waals surface area (Å²) in [5.74, 6) is 2.69. The largest absolute Gasteiger partial charge is 0.399 e. The van der Waals surface area contributed by atoms with Crippen LogP contribution in [-0.4, -0.2) is 6.04 Å². The molecule has 0 fully saturated rings. The Morgan fingerprint density at radius 1 is 1.62 bits per heavy atom. The van der Waals surface area contributed by atoms with E-state index in [0.29, 0.717) is 12.1 Å². The summed E-state index contributed by atoms with van der Waals surface area (Å²) in [5, 5.41) is 3.57. The number of fused-ring (bicyclic) bond motifs is 1. The van der Waals surface area contributed by atoms with Gasteiger partial charge in [-0.3, -0.25) is 0 Å². The monoisotopic (exact) mass is 214 g/mol. The molecule has 2 nitrogen and oxygen atoms in total. The summed E-state index contributed by atoms with van der Waals surface area (Å²) in [6.07, 6.45) is 8.35. The number of anilines is 1. The molecule has 16 heavy (non-hydrogen) atoms. The summed E-state index contributed by atoms with van der Waals surface area (Å²) >= 11 is 0. The molecule has 0 amide bonds. The molecule has 0 aromatic heterocycles. The fourth-order valence-corrected chi connectivity index (χ4v) is 2.39. The molecule has 0 radical (unpaired) electrons. The van der Waals surface area contributed by atoms with Crippen molar-refractivity contribution in [3.05, 3.63) is 29.3 Å². The summed E-state index contributed by atoms with van der Waals surface area (Å²) in [6.45, 7) is 2.13. The van der Waals surface area contributed by atoms with Gasteiger partial charge in [-0.1, -0.05) is 6.07 Å². The first-order valence-corrected chi connectivity index (χ1v) is 5.78. The van der Waals surface area contributed by atoms with Crippen LogP contribution in [-0.2, 0) is 6.42 Å². The first kappa shape index (κ1) is 11.0. The molecule has 2 rings (SSSR count). The lowest BCUT2D eigenvalue weighted by atomic mass is 10.1. The molecule has 0 spiro atoms. The number of nitrogen functional groups attached to an aromatic ring is 1. The van der Waals surface area contributed by atoms with Gasteiger partial charge in [0.15, 0.2) is 0 Å². The molecule has 0 saturated carbocycles. The molecule has 3 N–H and O–H groups in total. The second kappa shape index (κ2) is 4.59. The van der Waals surface area contributed by atoms with Gasteiger partial charge >= 0.3 is 0 Å². The molecule has 1 aliphatic rings. The van der Waals surface area contributed by atoms with Crippen LogP contribution in [0.25, 0.3) is 0 Å². The molecule has 1 aromatic rings. The fraction of sp³-hybridized carbons (Fsp3) is 0.429. The van der Waals surface area contributed by atoms with Gasteiger partial charge in [0.2, 0.25) is 0 Å². The van der Waals surface area contributed by atoms with Crippen LogP contribution in [0.1, 0.15) is 36.9 Å². The second-order valence-corrected chi connectivity index (χ2v) is 4.53. The quantitative estimate of drug-likeness (QED) is 0.598. The van der Waals surface area contributed by atoms with Gasteiger partial charge in [0.25, 0.3) is 0 Å². The number of nitrogens with one attached hydrogen (secondary N) is 1. The van der Waals surface area contributed by atoms with E-state index in [9.17, 15) is 0 Å². The van der Waals surface area contributed by atoms with Crippen molar-refractivity contribution in [1.29, 1.82) is 0 Å². The number of hydrogen-bond acceptors (Lipinski definition) is 2. The average Bonchev–Trinajstić information content (AvgIpc) is 2.61. The van der Waals surface area contributed by atoms with Crippen LogP contribution in [0.15, 0.2) is 18.2 Å². The van der Waals surface area contributed by atoms with Gasteiger partial charge in [-0.25, -0.2) is 0 Å².